The zero-order valence-corrected chi connectivity index (χ0v) is 11.9. The van der Waals surface area contributed by atoms with Crippen LogP contribution in [0.1, 0.15) is 18.3 Å². The Morgan fingerprint density at radius 3 is 2.80 bits per heavy atom. The lowest BCUT2D eigenvalue weighted by molar-refractivity contribution is 0.397. The molecule has 6 heteroatoms. The second-order valence-electron chi connectivity index (χ2n) is 4.61. The molecule has 1 atom stereocenters. The van der Waals surface area contributed by atoms with E-state index in [9.17, 15) is 0 Å². The summed E-state index contributed by atoms with van der Waals surface area (Å²) in [5.74, 6) is 7.31. The molecular weight excluding hydrogens is 254 g/mol. The van der Waals surface area contributed by atoms with Crippen LogP contribution in [0.2, 0.25) is 0 Å². The van der Waals surface area contributed by atoms with Gasteiger partial charge in [0, 0.05) is 43.7 Å². The first-order chi connectivity index (χ1) is 9.76. The Bertz CT molecular complexity index is 523. The molecule has 0 fully saturated rings. The van der Waals surface area contributed by atoms with Gasteiger partial charge in [-0.2, -0.15) is 0 Å². The summed E-state index contributed by atoms with van der Waals surface area (Å²) in [5, 5.41) is 0. The van der Waals surface area contributed by atoms with Gasteiger partial charge in [-0.25, -0.2) is 9.97 Å². The van der Waals surface area contributed by atoms with Crippen LogP contribution in [0.3, 0.4) is 0 Å². The molecular formula is C14H21N5O. The van der Waals surface area contributed by atoms with Crippen LogP contribution in [-0.4, -0.2) is 27.7 Å². The summed E-state index contributed by atoms with van der Waals surface area (Å²) in [6, 6.07) is 3.98. The number of methoxy groups -OCH3 is 1. The molecule has 2 heterocycles. The van der Waals surface area contributed by atoms with Crippen LogP contribution in [0, 0.1) is 0 Å². The molecule has 0 aromatic carbocycles. The van der Waals surface area contributed by atoms with Crippen LogP contribution in [0.15, 0.2) is 30.7 Å². The third kappa shape index (κ3) is 3.55. The quantitative estimate of drug-likeness (QED) is 0.580. The van der Waals surface area contributed by atoms with Gasteiger partial charge in [0.1, 0.15) is 5.82 Å². The molecule has 2 rings (SSSR count). The first-order valence-electron chi connectivity index (χ1n) is 6.71. The summed E-state index contributed by atoms with van der Waals surface area (Å²) in [6.45, 7) is 3.01. The predicted molar refractivity (Wildman–Crippen MR) is 77.2 cm³/mol. The molecule has 6 nitrogen and oxygen atoms in total. The van der Waals surface area contributed by atoms with Crippen molar-refractivity contribution in [3.05, 3.63) is 42.1 Å². The van der Waals surface area contributed by atoms with Gasteiger partial charge < -0.3 is 9.30 Å². The highest BCUT2D eigenvalue weighted by Crippen LogP contribution is 2.11. The number of rotatable bonds is 7. The van der Waals surface area contributed by atoms with Crippen LogP contribution >= 0.6 is 0 Å². The predicted octanol–water partition coefficient (Wildman–Crippen LogP) is 0.924. The van der Waals surface area contributed by atoms with Crippen LogP contribution in [0.4, 0.5) is 0 Å². The van der Waals surface area contributed by atoms with Gasteiger partial charge in [0.05, 0.1) is 7.11 Å². The number of nitrogens with zero attached hydrogens (tertiary/aromatic N) is 3. The summed E-state index contributed by atoms with van der Waals surface area (Å²) in [6.07, 6.45) is 7.20. The highest BCUT2D eigenvalue weighted by atomic mass is 16.5. The van der Waals surface area contributed by atoms with Crippen LogP contribution < -0.4 is 16.0 Å². The van der Waals surface area contributed by atoms with E-state index in [0.29, 0.717) is 5.88 Å². The molecule has 0 spiro atoms. The molecule has 2 aromatic rings. The average molecular weight is 275 g/mol. The molecule has 0 saturated heterocycles. The summed E-state index contributed by atoms with van der Waals surface area (Å²) >= 11 is 0. The normalized spacial score (nSPS) is 12.3. The molecule has 3 N–H and O–H groups in total. The second kappa shape index (κ2) is 7.02. The fourth-order valence-electron chi connectivity index (χ4n) is 2.17. The Hall–Kier alpha value is -1.92. The lowest BCUT2D eigenvalue weighted by Gasteiger charge is -2.16. The van der Waals surface area contributed by atoms with Crippen molar-refractivity contribution >= 4 is 0 Å². The lowest BCUT2D eigenvalue weighted by Crippen LogP contribution is -2.39. The molecule has 0 aliphatic heterocycles. The Morgan fingerprint density at radius 1 is 1.35 bits per heavy atom. The number of ether oxygens (including phenoxy) is 1. The van der Waals surface area contributed by atoms with Crippen molar-refractivity contribution in [3.63, 3.8) is 0 Å². The number of hydrazine groups is 1. The van der Waals surface area contributed by atoms with Gasteiger partial charge in [0.2, 0.25) is 5.88 Å². The maximum atomic E-state index is 5.65. The first-order valence-corrected chi connectivity index (χ1v) is 6.71. The van der Waals surface area contributed by atoms with Gasteiger partial charge in [0.15, 0.2) is 0 Å². The Balaban J connectivity index is 2.01. The van der Waals surface area contributed by atoms with Crippen molar-refractivity contribution in [2.45, 2.75) is 32.4 Å². The van der Waals surface area contributed by atoms with E-state index < -0.39 is 0 Å². The van der Waals surface area contributed by atoms with E-state index in [1.165, 1.54) is 0 Å². The fraction of sp³-hybridized carbons (Fsp3) is 0.429. The molecule has 0 radical (unpaired) electrons. The summed E-state index contributed by atoms with van der Waals surface area (Å²) in [7, 11) is 1.61. The number of nitrogens with two attached hydrogens (primary N) is 1. The zero-order chi connectivity index (χ0) is 14.4. The molecule has 0 bridgehead atoms. The molecule has 20 heavy (non-hydrogen) atoms. The highest BCUT2D eigenvalue weighted by Gasteiger charge is 2.12. The monoisotopic (exact) mass is 275 g/mol. The zero-order valence-electron chi connectivity index (χ0n) is 11.9. The van der Waals surface area contributed by atoms with Gasteiger partial charge in [-0.15, -0.1) is 0 Å². The minimum Gasteiger partial charge on any atom is -0.481 e. The molecule has 0 aliphatic rings. The topological polar surface area (TPSA) is 78.0 Å². The van der Waals surface area contributed by atoms with Gasteiger partial charge >= 0.3 is 0 Å². The smallest absolute Gasteiger partial charge is 0.212 e. The lowest BCUT2D eigenvalue weighted by atomic mass is 10.1. The minimum atomic E-state index is 0.123. The van der Waals surface area contributed by atoms with Crippen LogP contribution in [-0.2, 0) is 19.4 Å². The van der Waals surface area contributed by atoms with E-state index in [-0.39, 0.29) is 6.04 Å². The van der Waals surface area contributed by atoms with Crippen molar-refractivity contribution < 1.29 is 4.74 Å². The van der Waals surface area contributed by atoms with E-state index in [2.05, 4.69) is 26.9 Å². The summed E-state index contributed by atoms with van der Waals surface area (Å²) in [5.41, 5.74) is 3.97. The number of nitrogens with one attached hydrogen (secondary N) is 1. The Kier molecular flexibility index (Phi) is 5.09. The van der Waals surface area contributed by atoms with Crippen molar-refractivity contribution in [1.82, 2.24) is 20.0 Å². The van der Waals surface area contributed by atoms with Crippen molar-refractivity contribution in [1.29, 1.82) is 0 Å². The van der Waals surface area contributed by atoms with Gasteiger partial charge in [-0.3, -0.25) is 11.3 Å². The van der Waals surface area contributed by atoms with E-state index >= 15 is 0 Å². The fourth-order valence-corrected chi connectivity index (χ4v) is 2.17. The van der Waals surface area contributed by atoms with Crippen molar-refractivity contribution in [2.75, 3.05) is 7.11 Å². The second-order valence-corrected chi connectivity index (χ2v) is 4.61. The molecule has 2 aromatic heterocycles. The Morgan fingerprint density at radius 2 is 2.20 bits per heavy atom. The maximum Gasteiger partial charge on any atom is 0.212 e. The van der Waals surface area contributed by atoms with Crippen LogP contribution in [0.5, 0.6) is 5.88 Å². The van der Waals surface area contributed by atoms with E-state index in [0.717, 1.165) is 30.8 Å². The number of aryl methyl sites for hydroxylation is 1. The van der Waals surface area contributed by atoms with Crippen molar-refractivity contribution in [3.8, 4) is 5.88 Å². The van der Waals surface area contributed by atoms with Gasteiger partial charge in [-0.1, -0.05) is 6.07 Å². The SMILES string of the molecule is CCn1ccnc1CC(Cc1ccc(OC)nc1)NN. The van der Waals surface area contributed by atoms with E-state index in [1.807, 2.05) is 30.7 Å². The molecule has 108 valence electrons. The van der Waals surface area contributed by atoms with Crippen molar-refractivity contribution in [2.24, 2.45) is 5.84 Å². The summed E-state index contributed by atoms with van der Waals surface area (Å²) in [4.78, 5) is 8.58. The van der Waals surface area contributed by atoms with Gasteiger partial charge in [0.25, 0.3) is 0 Å². The number of pyridine rings is 1. The minimum absolute atomic E-state index is 0.123. The summed E-state index contributed by atoms with van der Waals surface area (Å²) < 4.78 is 7.17. The Labute approximate surface area is 119 Å². The maximum absolute atomic E-state index is 5.65. The standard InChI is InChI=1S/C14H21N5O/c1-3-19-7-6-16-13(19)9-12(18-15)8-11-4-5-14(20-2)17-10-11/h4-7,10,12,18H,3,8-9,15H2,1-2H3. The van der Waals surface area contributed by atoms with Gasteiger partial charge in [-0.05, 0) is 18.9 Å². The third-order valence-corrected chi connectivity index (χ3v) is 3.30. The molecule has 0 aliphatic carbocycles. The highest BCUT2D eigenvalue weighted by molar-refractivity contribution is 5.19. The van der Waals surface area contributed by atoms with E-state index in [4.69, 9.17) is 10.6 Å². The molecule has 0 amide bonds. The largest absolute Gasteiger partial charge is 0.481 e. The number of imidazole rings is 1. The first kappa shape index (κ1) is 14.5. The number of aromatic nitrogens is 3. The number of hydrogen-bond acceptors (Lipinski definition) is 5. The van der Waals surface area contributed by atoms with Crippen LogP contribution in [0.25, 0.3) is 0 Å². The van der Waals surface area contributed by atoms with E-state index in [1.54, 1.807) is 7.11 Å². The molecule has 1 unspecified atom stereocenters. The number of hydrogen-bond donors (Lipinski definition) is 2. The third-order valence-electron chi connectivity index (χ3n) is 3.30. The average Bonchev–Trinajstić information content (AvgIpc) is 2.94. The molecule has 0 saturated carbocycles.